The third-order valence-corrected chi connectivity index (χ3v) is 8.05. The number of aryl methyl sites for hydroxylation is 2. The third-order valence-electron chi connectivity index (χ3n) is 8.05. The van der Waals surface area contributed by atoms with E-state index in [-0.39, 0.29) is 30.2 Å². The van der Waals surface area contributed by atoms with Crippen LogP contribution in [0.4, 0.5) is 10.5 Å². The van der Waals surface area contributed by atoms with Gasteiger partial charge in [0.05, 0.1) is 0 Å². The van der Waals surface area contributed by atoms with Crippen molar-refractivity contribution in [3.63, 3.8) is 0 Å². The van der Waals surface area contributed by atoms with Gasteiger partial charge < -0.3 is 20.3 Å². The Morgan fingerprint density at radius 3 is 2.11 bits per heavy atom. The van der Waals surface area contributed by atoms with Crippen LogP contribution in [0, 0.1) is 19.8 Å². The molecule has 4 atom stereocenters. The number of ether oxygens (including phenoxy) is 1. The second kappa shape index (κ2) is 13.1. The number of carbonyl (C=O) groups excluding carboxylic acids is 3. The predicted molar refractivity (Wildman–Crippen MR) is 179 cm³/mol. The molecule has 0 saturated heterocycles. The molecule has 4 aromatic carbocycles. The molecule has 2 N–H and O–H groups in total. The summed E-state index contributed by atoms with van der Waals surface area (Å²) in [7, 11) is 0. The Hall–Kier alpha value is -4.65. The van der Waals surface area contributed by atoms with Crippen LogP contribution in [0.1, 0.15) is 62.4 Å². The van der Waals surface area contributed by atoms with E-state index in [0.29, 0.717) is 5.69 Å². The predicted octanol–water partition coefficient (Wildman–Crippen LogP) is 7.51. The normalized spacial score (nSPS) is 17.2. The van der Waals surface area contributed by atoms with E-state index in [1.807, 2.05) is 98.8 Å². The fraction of sp³-hybridized carbons (Fsp3) is 0.342. The minimum absolute atomic E-state index is 0.163. The van der Waals surface area contributed by atoms with Crippen LogP contribution in [-0.2, 0) is 20.7 Å². The van der Waals surface area contributed by atoms with Gasteiger partial charge in [0.15, 0.2) is 0 Å². The number of hydrogen-bond acceptors (Lipinski definition) is 4. The zero-order chi connectivity index (χ0) is 32.3. The lowest BCUT2D eigenvalue weighted by Crippen LogP contribution is -2.54. The monoisotopic (exact) mass is 605 g/mol. The Bertz CT molecular complexity index is 1670. The summed E-state index contributed by atoms with van der Waals surface area (Å²) in [5.74, 6) is -0.426. The van der Waals surface area contributed by atoms with E-state index >= 15 is 0 Å². The minimum Gasteiger partial charge on any atom is -0.444 e. The minimum atomic E-state index is -0.947. The number of carbonyl (C=O) groups is 3. The summed E-state index contributed by atoms with van der Waals surface area (Å²) in [5.41, 5.74) is 3.52. The summed E-state index contributed by atoms with van der Waals surface area (Å²) >= 11 is 0. The number of anilines is 1. The zero-order valence-electron chi connectivity index (χ0n) is 27.0. The second-order valence-electron chi connectivity index (χ2n) is 13.3. The van der Waals surface area contributed by atoms with Gasteiger partial charge in [-0.1, -0.05) is 96.9 Å². The Balaban J connectivity index is 1.55. The van der Waals surface area contributed by atoms with Gasteiger partial charge in [-0.2, -0.15) is 0 Å². The number of alkyl carbamates (subject to hydrolysis) is 1. The number of benzene rings is 4. The van der Waals surface area contributed by atoms with E-state index < -0.39 is 23.8 Å². The van der Waals surface area contributed by atoms with Crippen LogP contribution in [0.5, 0.6) is 0 Å². The maximum Gasteiger partial charge on any atom is 0.408 e. The van der Waals surface area contributed by atoms with Crippen LogP contribution in [-0.4, -0.2) is 40.5 Å². The molecule has 7 heteroatoms. The molecule has 0 spiro atoms. The topological polar surface area (TPSA) is 87.7 Å². The van der Waals surface area contributed by atoms with Crippen molar-refractivity contribution in [3.8, 4) is 0 Å². The second-order valence-corrected chi connectivity index (χ2v) is 13.3. The average Bonchev–Trinajstić information content (AvgIpc) is 3.69. The number of fused-ring (bicyclic) bond motifs is 1. The zero-order valence-corrected chi connectivity index (χ0v) is 27.0. The summed E-state index contributed by atoms with van der Waals surface area (Å²) in [6.07, 6.45) is 0.340. The molecule has 0 bridgehead atoms. The Morgan fingerprint density at radius 2 is 1.49 bits per heavy atom. The maximum atomic E-state index is 14.8. The van der Waals surface area contributed by atoms with Crippen LogP contribution in [0.3, 0.4) is 0 Å². The van der Waals surface area contributed by atoms with Crippen molar-refractivity contribution in [3.05, 3.63) is 113 Å². The van der Waals surface area contributed by atoms with Gasteiger partial charge in [0.25, 0.3) is 5.91 Å². The number of nitrogens with one attached hydrogen (secondary N) is 2. The first-order chi connectivity index (χ1) is 21.4. The quantitative estimate of drug-likeness (QED) is 0.207. The highest BCUT2D eigenvalue weighted by Gasteiger charge is 2.48. The van der Waals surface area contributed by atoms with E-state index in [2.05, 4.69) is 23.6 Å². The molecular formula is C38H43N3O4. The maximum absolute atomic E-state index is 14.8. The van der Waals surface area contributed by atoms with Crippen molar-refractivity contribution in [2.24, 2.45) is 5.92 Å². The highest BCUT2D eigenvalue weighted by atomic mass is 16.6. The molecule has 234 valence electrons. The van der Waals surface area contributed by atoms with Crippen LogP contribution >= 0.6 is 0 Å². The molecule has 1 aliphatic carbocycles. The molecule has 1 fully saturated rings. The van der Waals surface area contributed by atoms with Crippen molar-refractivity contribution in [2.45, 2.75) is 78.1 Å². The van der Waals surface area contributed by atoms with Crippen molar-refractivity contribution >= 4 is 34.4 Å². The lowest BCUT2D eigenvalue weighted by atomic mass is 9.97. The number of rotatable bonds is 9. The highest BCUT2D eigenvalue weighted by Crippen LogP contribution is 2.41. The van der Waals surface area contributed by atoms with Crippen molar-refractivity contribution in [1.29, 1.82) is 0 Å². The molecule has 1 aliphatic rings. The van der Waals surface area contributed by atoms with Crippen molar-refractivity contribution in [1.82, 2.24) is 10.2 Å². The van der Waals surface area contributed by atoms with Gasteiger partial charge in [0.2, 0.25) is 5.91 Å². The molecule has 0 radical (unpaired) electrons. The van der Waals surface area contributed by atoms with Crippen LogP contribution < -0.4 is 10.6 Å². The molecule has 3 amide bonds. The standard InChI is InChI=1S/C38H43N3O4/c1-24-18-25(2)20-30(19-24)34(35(42)39-31-17-16-28-14-10-11-15-29(28)23-31)41(33-21-26(33)3)36(43)32(22-27-12-8-7-9-13-27)40-37(44)45-38(4,5)6/h7-20,23,26,32-34H,21-22H2,1-6H3,(H,39,42)(H,40,44). The van der Waals surface area contributed by atoms with Gasteiger partial charge in [0, 0.05) is 18.2 Å². The van der Waals surface area contributed by atoms with Crippen LogP contribution in [0.25, 0.3) is 10.8 Å². The van der Waals surface area contributed by atoms with E-state index in [0.717, 1.165) is 39.4 Å². The molecule has 7 nitrogen and oxygen atoms in total. The van der Waals surface area contributed by atoms with Crippen molar-refractivity contribution < 1.29 is 19.1 Å². The van der Waals surface area contributed by atoms with Gasteiger partial charge in [-0.25, -0.2) is 4.79 Å². The Morgan fingerprint density at radius 1 is 0.867 bits per heavy atom. The molecule has 4 unspecified atom stereocenters. The molecule has 0 aromatic heterocycles. The number of nitrogens with zero attached hydrogens (tertiary/aromatic N) is 1. The van der Waals surface area contributed by atoms with Gasteiger partial charge in [-0.15, -0.1) is 0 Å². The summed E-state index contributed by atoms with van der Waals surface area (Å²) in [6, 6.07) is 27.3. The van der Waals surface area contributed by atoms with Gasteiger partial charge in [0.1, 0.15) is 17.7 Å². The Labute approximate surface area is 266 Å². The van der Waals surface area contributed by atoms with E-state index in [1.54, 1.807) is 25.7 Å². The third kappa shape index (κ3) is 8.09. The number of hydrogen-bond donors (Lipinski definition) is 2. The van der Waals surface area contributed by atoms with Gasteiger partial charge >= 0.3 is 6.09 Å². The van der Waals surface area contributed by atoms with Crippen molar-refractivity contribution in [2.75, 3.05) is 5.32 Å². The smallest absolute Gasteiger partial charge is 0.408 e. The lowest BCUT2D eigenvalue weighted by molar-refractivity contribution is -0.141. The van der Waals surface area contributed by atoms with Gasteiger partial charge in [-0.05, 0) is 81.0 Å². The Kier molecular flexibility index (Phi) is 9.28. The SMILES string of the molecule is Cc1cc(C)cc(C(C(=O)Nc2ccc3ccccc3c2)N(C(=O)C(Cc2ccccc2)NC(=O)OC(C)(C)C)C2CC2C)c1. The number of amides is 3. The molecule has 1 saturated carbocycles. The molecule has 0 heterocycles. The molecule has 45 heavy (non-hydrogen) atoms. The van der Waals surface area contributed by atoms with Crippen LogP contribution in [0.15, 0.2) is 91.0 Å². The molecule has 5 rings (SSSR count). The molecular weight excluding hydrogens is 562 g/mol. The van der Waals surface area contributed by atoms with E-state index in [1.165, 1.54) is 0 Å². The van der Waals surface area contributed by atoms with Gasteiger partial charge in [-0.3, -0.25) is 9.59 Å². The lowest BCUT2D eigenvalue weighted by Gasteiger charge is -2.35. The van der Waals surface area contributed by atoms with E-state index in [9.17, 15) is 14.4 Å². The first-order valence-electron chi connectivity index (χ1n) is 15.6. The van der Waals surface area contributed by atoms with Crippen LogP contribution in [0.2, 0.25) is 0 Å². The first kappa shape index (κ1) is 31.8. The summed E-state index contributed by atoms with van der Waals surface area (Å²) in [4.78, 5) is 44.0. The van der Waals surface area contributed by atoms with E-state index in [4.69, 9.17) is 4.74 Å². The first-order valence-corrected chi connectivity index (χ1v) is 15.6. The summed E-state index contributed by atoms with van der Waals surface area (Å²) in [6.45, 7) is 11.4. The summed E-state index contributed by atoms with van der Waals surface area (Å²) < 4.78 is 5.57. The molecule has 4 aromatic rings. The summed E-state index contributed by atoms with van der Waals surface area (Å²) in [5, 5.41) is 8.05. The highest BCUT2D eigenvalue weighted by molar-refractivity contribution is 6.00. The molecule has 0 aliphatic heterocycles. The fourth-order valence-corrected chi connectivity index (χ4v) is 5.94. The average molecular weight is 606 g/mol. The fourth-order valence-electron chi connectivity index (χ4n) is 5.94. The largest absolute Gasteiger partial charge is 0.444 e.